The maximum atomic E-state index is 13.1. The molecule has 12 heteroatoms. The predicted molar refractivity (Wildman–Crippen MR) is 136 cm³/mol. The van der Waals surface area contributed by atoms with Gasteiger partial charge in [0.05, 0.1) is 57.2 Å². The van der Waals surface area contributed by atoms with Crippen LogP contribution in [0.1, 0.15) is 32.4 Å². The van der Waals surface area contributed by atoms with E-state index in [1.165, 1.54) is 12.0 Å². The molecule has 37 heavy (non-hydrogen) atoms. The van der Waals surface area contributed by atoms with E-state index in [4.69, 9.17) is 14.2 Å². The molecule has 3 rings (SSSR count). The highest BCUT2D eigenvalue weighted by atomic mass is 16.5. The van der Waals surface area contributed by atoms with Crippen molar-refractivity contribution in [3.8, 4) is 11.5 Å². The summed E-state index contributed by atoms with van der Waals surface area (Å²) in [6, 6.07) is 4.48. The number of amides is 3. The molecule has 204 valence electrons. The smallest absolute Gasteiger partial charge is 0.321 e. The van der Waals surface area contributed by atoms with Crippen LogP contribution in [0.25, 0.3) is 0 Å². The normalized spacial score (nSPS) is 19.7. The minimum absolute atomic E-state index is 0.0351. The van der Waals surface area contributed by atoms with Crippen molar-refractivity contribution >= 4 is 17.6 Å². The zero-order valence-corrected chi connectivity index (χ0v) is 22.2. The van der Waals surface area contributed by atoms with Gasteiger partial charge in [0.15, 0.2) is 0 Å². The summed E-state index contributed by atoms with van der Waals surface area (Å²) in [5.74, 6) is 0.924. The number of ether oxygens (including phenoxy) is 3. The van der Waals surface area contributed by atoms with Crippen LogP contribution in [0.5, 0.6) is 11.5 Å². The summed E-state index contributed by atoms with van der Waals surface area (Å²) in [6.45, 7) is 5.14. The van der Waals surface area contributed by atoms with Gasteiger partial charge in [-0.3, -0.25) is 4.79 Å². The molecule has 1 aliphatic heterocycles. The van der Waals surface area contributed by atoms with Crippen LogP contribution in [0.4, 0.5) is 10.5 Å². The number of nitrogens with one attached hydrogen (secondary N) is 1. The molecule has 0 spiro atoms. The molecule has 0 bridgehead atoms. The maximum Gasteiger partial charge on any atom is 0.321 e. The van der Waals surface area contributed by atoms with Gasteiger partial charge in [0.1, 0.15) is 11.5 Å². The Labute approximate surface area is 217 Å². The number of urea groups is 1. The first-order valence-electron chi connectivity index (χ1n) is 12.4. The van der Waals surface area contributed by atoms with E-state index in [9.17, 15) is 14.7 Å². The Kier molecular flexibility index (Phi) is 10.1. The molecule has 2 aromatic rings. The lowest BCUT2D eigenvalue weighted by Crippen LogP contribution is -2.48. The highest BCUT2D eigenvalue weighted by Gasteiger charge is 2.29. The van der Waals surface area contributed by atoms with Gasteiger partial charge in [-0.05, 0) is 25.5 Å². The lowest BCUT2D eigenvalue weighted by atomic mass is 10.0. The lowest BCUT2D eigenvalue weighted by molar-refractivity contribution is -0.136. The molecule has 0 aliphatic carbocycles. The number of aryl methyl sites for hydroxylation is 1. The average molecular weight is 519 g/mol. The largest absolute Gasteiger partial charge is 0.497 e. The fourth-order valence-electron chi connectivity index (χ4n) is 4.21. The van der Waals surface area contributed by atoms with Crippen LogP contribution in [0, 0.1) is 5.92 Å². The van der Waals surface area contributed by atoms with Crippen molar-refractivity contribution in [2.24, 2.45) is 5.92 Å². The minimum Gasteiger partial charge on any atom is -0.497 e. The van der Waals surface area contributed by atoms with Gasteiger partial charge >= 0.3 is 6.03 Å². The first-order valence-corrected chi connectivity index (χ1v) is 12.4. The Morgan fingerprint density at radius 3 is 2.84 bits per heavy atom. The van der Waals surface area contributed by atoms with Crippen LogP contribution >= 0.6 is 0 Å². The number of fused-ring (bicyclic) bond motifs is 1. The Balaban J connectivity index is 1.78. The van der Waals surface area contributed by atoms with Gasteiger partial charge in [-0.15, -0.1) is 5.10 Å². The second-order valence-electron chi connectivity index (χ2n) is 9.33. The number of likely N-dealkylation sites (N-methyl/N-ethyl adjacent to an activating group) is 1. The quantitative estimate of drug-likeness (QED) is 0.569. The van der Waals surface area contributed by atoms with E-state index in [0.29, 0.717) is 43.1 Å². The number of methoxy groups -OCH3 is 2. The Bertz CT molecular complexity index is 1050. The van der Waals surface area contributed by atoms with E-state index in [2.05, 4.69) is 15.6 Å². The molecule has 0 saturated carbocycles. The monoisotopic (exact) mass is 518 g/mol. The van der Waals surface area contributed by atoms with Gasteiger partial charge in [-0.1, -0.05) is 12.1 Å². The Morgan fingerprint density at radius 1 is 1.35 bits per heavy atom. The molecule has 1 aromatic heterocycles. The van der Waals surface area contributed by atoms with Crippen LogP contribution in [-0.2, 0) is 22.7 Å². The fourth-order valence-corrected chi connectivity index (χ4v) is 4.21. The topological polar surface area (TPSA) is 131 Å². The van der Waals surface area contributed by atoms with Crippen LogP contribution in [0.3, 0.4) is 0 Å². The maximum absolute atomic E-state index is 13.1. The minimum atomic E-state index is -0.405. The summed E-state index contributed by atoms with van der Waals surface area (Å²) >= 11 is 0. The van der Waals surface area contributed by atoms with E-state index in [0.717, 1.165) is 5.69 Å². The number of carbonyl (C=O) groups excluding carboxylic acids is 2. The lowest BCUT2D eigenvalue weighted by Gasteiger charge is -2.35. The zero-order valence-electron chi connectivity index (χ0n) is 22.2. The van der Waals surface area contributed by atoms with Crippen LogP contribution in [0.2, 0.25) is 0 Å². The zero-order chi connectivity index (χ0) is 26.9. The van der Waals surface area contributed by atoms with Gasteiger partial charge in [-0.2, -0.15) is 0 Å². The van der Waals surface area contributed by atoms with E-state index in [1.54, 1.807) is 48.1 Å². The number of benzene rings is 1. The van der Waals surface area contributed by atoms with E-state index in [-0.39, 0.29) is 43.7 Å². The summed E-state index contributed by atoms with van der Waals surface area (Å²) in [6.07, 6.45) is 2.20. The van der Waals surface area contributed by atoms with Crippen LogP contribution in [0.15, 0.2) is 24.4 Å². The van der Waals surface area contributed by atoms with Gasteiger partial charge in [0.2, 0.25) is 5.91 Å². The standard InChI is InChI=1S/C25H38N6O6/c1-17-13-30(18(2)15-32)24(33)7-6-10-31-19(12-26-28-31)16-37-23(17)14-29(3)25(34)27-21-9-8-20(35-4)11-22(21)36-5/h8-9,11-12,17-18,23,32H,6-7,10,13-16H2,1-5H3,(H,27,34)/t17-,18-,23+/m1/s1. The molecule has 0 fully saturated rings. The summed E-state index contributed by atoms with van der Waals surface area (Å²) in [5.41, 5.74) is 1.32. The molecular weight excluding hydrogens is 480 g/mol. The summed E-state index contributed by atoms with van der Waals surface area (Å²) in [4.78, 5) is 29.3. The van der Waals surface area contributed by atoms with Crippen molar-refractivity contribution in [2.75, 3.05) is 46.3 Å². The number of hydrogen-bond acceptors (Lipinski definition) is 8. The van der Waals surface area contributed by atoms with E-state index < -0.39 is 6.10 Å². The third-order valence-electron chi connectivity index (χ3n) is 6.59. The van der Waals surface area contributed by atoms with E-state index in [1.807, 2.05) is 13.8 Å². The molecule has 0 saturated heterocycles. The molecule has 3 amide bonds. The average Bonchev–Trinajstić information content (AvgIpc) is 3.35. The number of rotatable bonds is 7. The van der Waals surface area contributed by atoms with Crippen molar-refractivity contribution in [1.82, 2.24) is 24.8 Å². The number of aromatic nitrogens is 3. The number of aliphatic hydroxyl groups is 1. The molecule has 0 radical (unpaired) electrons. The molecular formula is C25H38N6O6. The summed E-state index contributed by atoms with van der Waals surface area (Å²) < 4.78 is 18.6. The molecule has 0 unspecified atom stereocenters. The number of anilines is 1. The van der Waals surface area contributed by atoms with Crippen molar-refractivity contribution in [3.63, 3.8) is 0 Å². The van der Waals surface area contributed by atoms with Gasteiger partial charge < -0.3 is 34.4 Å². The molecule has 12 nitrogen and oxygen atoms in total. The Hall–Kier alpha value is -3.38. The van der Waals surface area contributed by atoms with Gasteiger partial charge in [0.25, 0.3) is 0 Å². The van der Waals surface area contributed by atoms with Crippen molar-refractivity contribution in [3.05, 3.63) is 30.1 Å². The highest BCUT2D eigenvalue weighted by molar-refractivity contribution is 5.91. The molecule has 2 heterocycles. The van der Waals surface area contributed by atoms with Crippen LogP contribution in [-0.4, -0.2) is 94.9 Å². The third-order valence-corrected chi connectivity index (χ3v) is 6.59. The van der Waals surface area contributed by atoms with Crippen LogP contribution < -0.4 is 14.8 Å². The van der Waals surface area contributed by atoms with E-state index >= 15 is 0 Å². The molecule has 1 aliphatic rings. The summed E-state index contributed by atoms with van der Waals surface area (Å²) in [5, 5.41) is 20.7. The number of nitrogens with zero attached hydrogens (tertiary/aromatic N) is 5. The first-order chi connectivity index (χ1) is 17.8. The highest BCUT2D eigenvalue weighted by Crippen LogP contribution is 2.29. The fraction of sp³-hybridized carbons (Fsp3) is 0.600. The molecule has 3 atom stereocenters. The molecule has 1 aromatic carbocycles. The van der Waals surface area contributed by atoms with Crippen molar-refractivity contribution in [2.45, 2.75) is 52.0 Å². The van der Waals surface area contributed by atoms with Gasteiger partial charge in [0, 0.05) is 45.1 Å². The number of aliphatic hydroxyl groups excluding tert-OH is 1. The summed E-state index contributed by atoms with van der Waals surface area (Å²) in [7, 11) is 4.76. The van der Waals surface area contributed by atoms with Crippen molar-refractivity contribution in [1.29, 1.82) is 0 Å². The number of carbonyl (C=O) groups is 2. The molecule has 2 N–H and O–H groups in total. The van der Waals surface area contributed by atoms with Gasteiger partial charge in [-0.25, -0.2) is 9.48 Å². The predicted octanol–water partition coefficient (Wildman–Crippen LogP) is 1.98. The first kappa shape index (κ1) is 28.2. The Morgan fingerprint density at radius 2 is 2.14 bits per heavy atom. The third kappa shape index (κ3) is 7.32. The SMILES string of the molecule is COc1ccc(NC(=O)N(C)C[C@@H]2OCc3cnnn3CCCC(=O)N([C@H](C)CO)C[C@H]2C)c(OC)c1. The number of hydrogen-bond donors (Lipinski definition) is 2. The van der Waals surface area contributed by atoms with Crippen molar-refractivity contribution < 1.29 is 28.9 Å². The second-order valence-corrected chi connectivity index (χ2v) is 9.33. The second kappa shape index (κ2) is 13.2.